The normalized spacial score (nSPS) is 12.6. The second kappa shape index (κ2) is 5.24. The summed E-state index contributed by atoms with van der Waals surface area (Å²) < 4.78 is 0. The lowest BCUT2D eigenvalue weighted by molar-refractivity contribution is 0.222. The smallest absolute Gasteiger partial charge is 0.105 e. The number of rotatable bonds is 2. The lowest BCUT2D eigenvalue weighted by Gasteiger charge is -2.15. The van der Waals surface area contributed by atoms with Crippen molar-refractivity contribution < 1.29 is 5.11 Å². The van der Waals surface area contributed by atoms with Crippen LogP contribution in [0.3, 0.4) is 0 Å². The van der Waals surface area contributed by atoms with Gasteiger partial charge < -0.3 is 5.11 Å². The first-order chi connectivity index (χ1) is 10.8. The van der Waals surface area contributed by atoms with E-state index in [4.69, 9.17) is 0 Å². The molecule has 22 heavy (non-hydrogen) atoms. The number of aliphatic hydroxyl groups excluding tert-OH is 1. The lowest BCUT2D eigenvalue weighted by Crippen LogP contribution is -2.01. The van der Waals surface area contributed by atoms with Gasteiger partial charge in [0.1, 0.15) is 6.10 Å². The van der Waals surface area contributed by atoms with Crippen molar-refractivity contribution in [3.63, 3.8) is 0 Å². The molecule has 0 spiro atoms. The highest BCUT2D eigenvalue weighted by Gasteiger charge is 2.15. The van der Waals surface area contributed by atoms with Crippen molar-refractivity contribution >= 4 is 21.7 Å². The number of nitrogens with zero attached hydrogens (tertiary/aromatic N) is 1. The predicted octanol–water partition coefficient (Wildman–Crippen LogP) is 4.47. The Morgan fingerprint density at radius 3 is 2.36 bits per heavy atom. The van der Waals surface area contributed by atoms with Gasteiger partial charge in [-0.1, -0.05) is 60.7 Å². The Hall–Kier alpha value is -2.71. The van der Waals surface area contributed by atoms with Crippen molar-refractivity contribution in [2.24, 2.45) is 0 Å². The molecule has 1 atom stereocenters. The summed E-state index contributed by atoms with van der Waals surface area (Å²) >= 11 is 0. The van der Waals surface area contributed by atoms with Crippen LogP contribution >= 0.6 is 0 Å². The van der Waals surface area contributed by atoms with E-state index in [1.165, 1.54) is 0 Å². The summed E-state index contributed by atoms with van der Waals surface area (Å²) in [5, 5.41) is 14.0. The molecule has 0 saturated carbocycles. The van der Waals surface area contributed by atoms with Crippen molar-refractivity contribution in [2.75, 3.05) is 0 Å². The van der Waals surface area contributed by atoms with Crippen molar-refractivity contribution in [1.82, 2.24) is 4.98 Å². The number of pyridine rings is 1. The molecule has 0 aliphatic rings. The molecule has 0 bridgehead atoms. The number of aliphatic hydroxyl groups is 1. The highest BCUT2D eigenvalue weighted by atomic mass is 16.3. The maximum absolute atomic E-state index is 10.8. The molecule has 1 N–H and O–H groups in total. The third-order valence-electron chi connectivity index (χ3n) is 4.06. The van der Waals surface area contributed by atoms with Crippen molar-refractivity contribution in [2.45, 2.75) is 6.10 Å². The number of hydrogen-bond acceptors (Lipinski definition) is 2. The summed E-state index contributed by atoms with van der Waals surface area (Å²) in [5.74, 6) is 0. The Morgan fingerprint density at radius 1 is 0.773 bits per heavy atom. The summed E-state index contributed by atoms with van der Waals surface area (Å²) in [6.45, 7) is 0. The van der Waals surface area contributed by atoms with E-state index in [1.54, 1.807) is 6.20 Å². The molecule has 4 aromatic rings. The van der Waals surface area contributed by atoms with Crippen LogP contribution < -0.4 is 0 Å². The molecule has 1 heterocycles. The van der Waals surface area contributed by atoms with Gasteiger partial charge in [0, 0.05) is 17.0 Å². The molecule has 2 heteroatoms. The zero-order chi connectivity index (χ0) is 14.9. The molecular formula is C20H15NO. The molecule has 0 radical (unpaired) electrons. The Balaban J connectivity index is 2.04. The molecule has 0 aliphatic carbocycles. The molecule has 1 aromatic heterocycles. The van der Waals surface area contributed by atoms with Gasteiger partial charge in [0.2, 0.25) is 0 Å². The molecule has 1 unspecified atom stereocenters. The summed E-state index contributed by atoms with van der Waals surface area (Å²) in [4.78, 5) is 4.53. The monoisotopic (exact) mass is 285 g/mol. The standard InChI is InChI=1S/C20H15NO/c22-20(14-7-2-1-3-8-14)18-13-15-9-4-5-10-16(15)19-17(18)11-6-12-21-19/h1-13,20,22H. The topological polar surface area (TPSA) is 33.1 Å². The fourth-order valence-electron chi connectivity index (χ4n) is 2.98. The first-order valence-electron chi connectivity index (χ1n) is 7.34. The van der Waals surface area contributed by atoms with Crippen molar-refractivity contribution in [3.8, 4) is 0 Å². The summed E-state index contributed by atoms with van der Waals surface area (Å²) in [7, 11) is 0. The van der Waals surface area contributed by atoms with Gasteiger partial charge in [-0.15, -0.1) is 0 Å². The van der Waals surface area contributed by atoms with Crippen LogP contribution in [0, 0.1) is 0 Å². The highest BCUT2D eigenvalue weighted by Crippen LogP contribution is 2.33. The fraction of sp³-hybridized carbons (Fsp3) is 0.0500. The van der Waals surface area contributed by atoms with Gasteiger partial charge in [-0.25, -0.2) is 0 Å². The highest BCUT2D eigenvalue weighted by molar-refractivity contribution is 6.06. The minimum atomic E-state index is -0.655. The van der Waals surface area contributed by atoms with Crippen LogP contribution in [0.4, 0.5) is 0 Å². The number of hydrogen-bond donors (Lipinski definition) is 1. The molecule has 3 aromatic carbocycles. The van der Waals surface area contributed by atoms with Gasteiger partial charge >= 0.3 is 0 Å². The third kappa shape index (κ3) is 2.05. The Bertz CT molecular complexity index is 947. The van der Waals surface area contributed by atoms with Gasteiger partial charge in [0.25, 0.3) is 0 Å². The van der Waals surface area contributed by atoms with Crippen molar-refractivity contribution in [3.05, 3.63) is 90.1 Å². The largest absolute Gasteiger partial charge is 0.384 e. The van der Waals surface area contributed by atoms with Gasteiger partial charge in [-0.2, -0.15) is 0 Å². The van der Waals surface area contributed by atoms with E-state index in [0.717, 1.165) is 32.8 Å². The average Bonchev–Trinajstić information content (AvgIpc) is 2.61. The maximum Gasteiger partial charge on any atom is 0.105 e. The molecule has 4 rings (SSSR count). The molecule has 0 aliphatic heterocycles. The summed E-state index contributed by atoms with van der Waals surface area (Å²) in [6.07, 6.45) is 1.14. The SMILES string of the molecule is OC(c1ccccc1)c1cc2ccccc2c2ncccc12. The second-order valence-corrected chi connectivity index (χ2v) is 5.40. The van der Waals surface area contributed by atoms with E-state index in [1.807, 2.05) is 54.6 Å². The molecule has 0 fully saturated rings. The van der Waals surface area contributed by atoms with E-state index < -0.39 is 6.10 Å². The van der Waals surface area contributed by atoms with Crippen LogP contribution in [0.5, 0.6) is 0 Å². The van der Waals surface area contributed by atoms with E-state index in [-0.39, 0.29) is 0 Å². The molecule has 0 saturated heterocycles. The Kier molecular flexibility index (Phi) is 3.10. The minimum Gasteiger partial charge on any atom is -0.384 e. The van der Waals surface area contributed by atoms with E-state index in [9.17, 15) is 5.11 Å². The van der Waals surface area contributed by atoms with Gasteiger partial charge in [0.05, 0.1) is 5.52 Å². The molecular weight excluding hydrogens is 270 g/mol. The van der Waals surface area contributed by atoms with Crippen molar-refractivity contribution in [1.29, 1.82) is 0 Å². The predicted molar refractivity (Wildman–Crippen MR) is 89.8 cm³/mol. The number of fused-ring (bicyclic) bond motifs is 3. The fourth-order valence-corrected chi connectivity index (χ4v) is 2.98. The maximum atomic E-state index is 10.8. The van der Waals surface area contributed by atoms with Crippen LogP contribution in [0.2, 0.25) is 0 Å². The quantitative estimate of drug-likeness (QED) is 0.551. The third-order valence-corrected chi connectivity index (χ3v) is 4.06. The van der Waals surface area contributed by atoms with Crippen LogP contribution in [-0.2, 0) is 0 Å². The number of benzene rings is 3. The summed E-state index contributed by atoms with van der Waals surface area (Å²) in [5.41, 5.74) is 2.72. The van der Waals surface area contributed by atoms with Crippen LogP contribution in [-0.4, -0.2) is 10.1 Å². The summed E-state index contributed by atoms with van der Waals surface area (Å²) in [6, 6.07) is 23.9. The van der Waals surface area contributed by atoms with E-state index in [0.29, 0.717) is 0 Å². The first kappa shape index (κ1) is 13.0. The molecule has 106 valence electrons. The van der Waals surface area contributed by atoms with Gasteiger partial charge in [-0.05, 0) is 28.6 Å². The zero-order valence-electron chi connectivity index (χ0n) is 12.0. The van der Waals surface area contributed by atoms with Gasteiger partial charge in [-0.3, -0.25) is 4.98 Å². The average molecular weight is 285 g/mol. The van der Waals surface area contributed by atoms with Crippen LogP contribution in [0.15, 0.2) is 79.0 Å². The lowest BCUT2D eigenvalue weighted by atomic mass is 9.94. The Morgan fingerprint density at radius 2 is 1.50 bits per heavy atom. The van der Waals surface area contributed by atoms with E-state index >= 15 is 0 Å². The molecule has 2 nitrogen and oxygen atoms in total. The second-order valence-electron chi connectivity index (χ2n) is 5.40. The van der Waals surface area contributed by atoms with E-state index in [2.05, 4.69) is 23.2 Å². The molecule has 0 amide bonds. The first-order valence-corrected chi connectivity index (χ1v) is 7.34. The van der Waals surface area contributed by atoms with Gasteiger partial charge in [0.15, 0.2) is 0 Å². The Labute approximate surface area is 128 Å². The number of aromatic nitrogens is 1. The minimum absolute atomic E-state index is 0.655. The zero-order valence-corrected chi connectivity index (χ0v) is 12.0. The van der Waals surface area contributed by atoms with Crippen LogP contribution in [0.1, 0.15) is 17.2 Å². The van der Waals surface area contributed by atoms with Crippen LogP contribution in [0.25, 0.3) is 21.7 Å².